The van der Waals surface area contributed by atoms with Crippen molar-refractivity contribution in [3.63, 3.8) is 0 Å². The van der Waals surface area contributed by atoms with E-state index in [0.717, 1.165) is 6.42 Å². The van der Waals surface area contributed by atoms with Crippen LogP contribution in [-0.4, -0.2) is 37.1 Å². The van der Waals surface area contributed by atoms with Gasteiger partial charge in [-0.3, -0.25) is 4.79 Å². The van der Waals surface area contributed by atoms with Crippen LogP contribution in [0, 0.1) is 12.3 Å². The van der Waals surface area contributed by atoms with Gasteiger partial charge in [-0.25, -0.2) is 0 Å². The van der Waals surface area contributed by atoms with E-state index in [9.17, 15) is 4.79 Å². The minimum atomic E-state index is 0.116. The first-order valence-electron chi connectivity index (χ1n) is 5.05. The van der Waals surface area contributed by atoms with Gasteiger partial charge in [0.25, 0.3) is 0 Å². The first-order chi connectivity index (χ1) is 6.76. The Morgan fingerprint density at radius 1 is 1.50 bits per heavy atom. The fourth-order valence-corrected chi connectivity index (χ4v) is 1.11. The molecule has 80 valence electrons. The van der Waals surface area contributed by atoms with Crippen molar-refractivity contribution in [2.45, 2.75) is 26.7 Å². The van der Waals surface area contributed by atoms with Gasteiger partial charge in [0, 0.05) is 26.2 Å². The number of rotatable bonds is 7. The fourth-order valence-electron chi connectivity index (χ4n) is 1.11. The van der Waals surface area contributed by atoms with Gasteiger partial charge in [0.15, 0.2) is 0 Å². The molecular formula is C11H19NO2. The molecule has 0 unspecified atom stereocenters. The molecular weight excluding hydrogens is 178 g/mol. The molecule has 0 saturated heterocycles. The van der Waals surface area contributed by atoms with E-state index < -0.39 is 0 Å². The Kier molecular flexibility index (Phi) is 7.96. The molecule has 0 aromatic heterocycles. The van der Waals surface area contributed by atoms with Gasteiger partial charge >= 0.3 is 0 Å². The summed E-state index contributed by atoms with van der Waals surface area (Å²) in [5.41, 5.74) is 0. The first-order valence-corrected chi connectivity index (χ1v) is 5.05. The van der Waals surface area contributed by atoms with Crippen molar-refractivity contribution in [3.05, 3.63) is 0 Å². The van der Waals surface area contributed by atoms with E-state index >= 15 is 0 Å². The van der Waals surface area contributed by atoms with Gasteiger partial charge in [-0.15, -0.1) is 6.42 Å². The maximum atomic E-state index is 11.5. The van der Waals surface area contributed by atoms with Crippen molar-refractivity contribution in [2.75, 3.05) is 26.3 Å². The standard InChI is InChI=1S/C11H19NO2/c1-4-9-12(5-2)11(13)8-7-10-14-6-3/h1H,5-10H2,2-3H3. The third kappa shape index (κ3) is 5.60. The van der Waals surface area contributed by atoms with Crippen molar-refractivity contribution < 1.29 is 9.53 Å². The van der Waals surface area contributed by atoms with Crippen LogP contribution in [0.15, 0.2) is 0 Å². The van der Waals surface area contributed by atoms with E-state index in [1.54, 1.807) is 4.90 Å². The summed E-state index contributed by atoms with van der Waals surface area (Å²) in [6.45, 7) is 6.31. The van der Waals surface area contributed by atoms with E-state index in [1.165, 1.54) is 0 Å². The lowest BCUT2D eigenvalue weighted by Gasteiger charge is -2.17. The van der Waals surface area contributed by atoms with Crippen LogP contribution in [0.5, 0.6) is 0 Å². The number of hydrogen-bond donors (Lipinski definition) is 0. The summed E-state index contributed by atoms with van der Waals surface area (Å²) in [5.74, 6) is 2.59. The summed E-state index contributed by atoms with van der Waals surface area (Å²) in [6.07, 6.45) is 6.45. The summed E-state index contributed by atoms with van der Waals surface area (Å²) in [4.78, 5) is 13.2. The van der Waals surface area contributed by atoms with Crippen molar-refractivity contribution in [3.8, 4) is 12.3 Å². The average Bonchev–Trinajstić information content (AvgIpc) is 2.20. The highest BCUT2D eigenvalue weighted by Gasteiger charge is 2.08. The van der Waals surface area contributed by atoms with Crippen LogP contribution in [0.25, 0.3) is 0 Å². The molecule has 0 aliphatic carbocycles. The molecule has 0 aromatic carbocycles. The Morgan fingerprint density at radius 3 is 2.71 bits per heavy atom. The Balaban J connectivity index is 3.65. The zero-order valence-electron chi connectivity index (χ0n) is 9.08. The molecule has 0 saturated carbocycles. The largest absolute Gasteiger partial charge is 0.382 e. The van der Waals surface area contributed by atoms with Gasteiger partial charge in [0.1, 0.15) is 0 Å². The Morgan fingerprint density at radius 2 is 2.21 bits per heavy atom. The number of hydrogen-bond acceptors (Lipinski definition) is 2. The third-order valence-electron chi connectivity index (χ3n) is 1.90. The van der Waals surface area contributed by atoms with Gasteiger partial charge < -0.3 is 9.64 Å². The molecule has 0 radical (unpaired) electrons. The molecule has 0 spiro atoms. The number of carbonyl (C=O) groups is 1. The smallest absolute Gasteiger partial charge is 0.223 e. The van der Waals surface area contributed by atoms with Crippen LogP contribution in [0.1, 0.15) is 26.7 Å². The van der Waals surface area contributed by atoms with Crippen LogP contribution < -0.4 is 0 Å². The molecule has 3 heteroatoms. The SMILES string of the molecule is C#CCN(CC)C(=O)CCCOCC. The number of terminal acetylenes is 1. The molecule has 1 amide bonds. The molecule has 14 heavy (non-hydrogen) atoms. The number of ether oxygens (including phenoxy) is 1. The van der Waals surface area contributed by atoms with Gasteiger partial charge in [-0.05, 0) is 20.3 Å². The monoisotopic (exact) mass is 197 g/mol. The van der Waals surface area contributed by atoms with Crippen LogP contribution in [0.3, 0.4) is 0 Å². The summed E-state index contributed by atoms with van der Waals surface area (Å²) in [5, 5.41) is 0. The molecule has 3 nitrogen and oxygen atoms in total. The van der Waals surface area contributed by atoms with E-state index in [-0.39, 0.29) is 5.91 Å². The van der Waals surface area contributed by atoms with E-state index in [1.807, 2.05) is 13.8 Å². The lowest BCUT2D eigenvalue weighted by Crippen LogP contribution is -2.31. The average molecular weight is 197 g/mol. The second-order valence-electron chi connectivity index (χ2n) is 2.91. The van der Waals surface area contributed by atoms with Crippen LogP contribution in [0.4, 0.5) is 0 Å². The minimum Gasteiger partial charge on any atom is -0.382 e. The lowest BCUT2D eigenvalue weighted by atomic mass is 10.3. The van der Waals surface area contributed by atoms with Gasteiger partial charge in [0.05, 0.1) is 6.54 Å². The molecule has 0 atom stereocenters. The fraction of sp³-hybridized carbons (Fsp3) is 0.727. The normalized spacial score (nSPS) is 9.50. The molecule has 0 bridgehead atoms. The van der Waals surface area contributed by atoms with E-state index in [2.05, 4.69) is 5.92 Å². The van der Waals surface area contributed by atoms with Crippen LogP contribution in [-0.2, 0) is 9.53 Å². The van der Waals surface area contributed by atoms with Crippen molar-refractivity contribution in [1.82, 2.24) is 4.90 Å². The number of carbonyl (C=O) groups excluding carboxylic acids is 1. The van der Waals surface area contributed by atoms with Crippen molar-refractivity contribution in [1.29, 1.82) is 0 Å². The van der Waals surface area contributed by atoms with Gasteiger partial charge in [-0.1, -0.05) is 5.92 Å². The van der Waals surface area contributed by atoms with E-state index in [4.69, 9.17) is 11.2 Å². The highest BCUT2D eigenvalue weighted by molar-refractivity contribution is 5.76. The molecule has 0 aromatic rings. The number of nitrogens with zero attached hydrogens (tertiary/aromatic N) is 1. The van der Waals surface area contributed by atoms with Crippen LogP contribution >= 0.6 is 0 Å². The summed E-state index contributed by atoms with van der Waals surface area (Å²) in [6, 6.07) is 0. The number of amides is 1. The predicted molar refractivity (Wildman–Crippen MR) is 56.8 cm³/mol. The summed E-state index contributed by atoms with van der Waals surface area (Å²) >= 11 is 0. The maximum Gasteiger partial charge on any atom is 0.223 e. The van der Waals surface area contributed by atoms with Gasteiger partial charge in [-0.2, -0.15) is 0 Å². The lowest BCUT2D eigenvalue weighted by molar-refractivity contribution is -0.130. The summed E-state index contributed by atoms with van der Waals surface area (Å²) in [7, 11) is 0. The molecule has 0 fully saturated rings. The Labute approximate surface area is 86.4 Å². The maximum absolute atomic E-state index is 11.5. The highest BCUT2D eigenvalue weighted by Crippen LogP contribution is 1.97. The molecule has 0 N–H and O–H groups in total. The van der Waals surface area contributed by atoms with E-state index in [0.29, 0.717) is 32.7 Å². The zero-order chi connectivity index (χ0) is 10.8. The second-order valence-corrected chi connectivity index (χ2v) is 2.91. The zero-order valence-corrected chi connectivity index (χ0v) is 9.08. The Hall–Kier alpha value is -1.01. The first kappa shape index (κ1) is 13.0. The van der Waals surface area contributed by atoms with Crippen molar-refractivity contribution >= 4 is 5.91 Å². The molecule has 0 aliphatic heterocycles. The topological polar surface area (TPSA) is 29.5 Å². The highest BCUT2D eigenvalue weighted by atomic mass is 16.5. The third-order valence-corrected chi connectivity index (χ3v) is 1.90. The molecule has 0 rings (SSSR count). The van der Waals surface area contributed by atoms with Crippen molar-refractivity contribution in [2.24, 2.45) is 0 Å². The minimum absolute atomic E-state index is 0.116. The van der Waals surface area contributed by atoms with Crippen LogP contribution in [0.2, 0.25) is 0 Å². The molecule has 0 heterocycles. The second kappa shape index (κ2) is 8.58. The Bertz CT molecular complexity index is 196. The van der Waals surface area contributed by atoms with Gasteiger partial charge in [0.2, 0.25) is 5.91 Å². The predicted octanol–water partition coefficient (Wildman–Crippen LogP) is 1.28. The summed E-state index contributed by atoms with van der Waals surface area (Å²) < 4.78 is 5.15. The molecule has 0 aliphatic rings. The quantitative estimate of drug-likeness (QED) is 0.454.